The quantitative estimate of drug-likeness (QED) is 0.172. The van der Waals surface area contributed by atoms with Gasteiger partial charge in [-0.2, -0.15) is 0 Å². The van der Waals surface area contributed by atoms with Gasteiger partial charge in [-0.3, -0.25) is 0 Å². The van der Waals surface area contributed by atoms with Crippen molar-refractivity contribution in [2.45, 2.75) is 5.41 Å². The maximum atomic E-state index is 6.74. The van der Waals surface area contributed by atoms with Gasteiger partial charge < -0.3 is 4.74 Å². The van der Waals surface area contributed by atoms with E-state index in [9.17, 15) is 0 Å². The van der Waals surface area contributed by atoms with Gasteiger partial charge in [0, 0.05) is 49.0 Å². The number of aromatic nitrogens is 5. The lowest BCUT2D eigenvalue weighted by atomic mass is 9.66. The molecular formula is C56H33N5OS. The van der Waals surface area contributed by atoms with E-state index in [-0.39, 0.29) is 0 Å². The minimum Gasteiger partial charge on any atom is -0.457 e. The molecule has 1 aliphatic carbocycles. The molecule has 63 heavy (non-hydrogen) atoms. The van der Waals surface area contributed by atoms with E-state index in [2.05, 4.69) is 121 Å². The number of ether oxygens (including phenoxy) is 1. The minimum absolute atomic E-state index is 0.594. The van der Waals surface area contributed by atoms with E-state index in [1.54, 1.807) is 11.3 Å². The first-order valence-corrected chi connectivity index (χ1v) is 21.8. The Morgan fingerprint density at radius 2 is 0.937 bits per heavy atom. The van der Waals surface area contributed by atoms with Crippen molar-refractivity contribution in [1.82, 2.24) is 24.9 Å². The molecule has 1 aliphatic heterocycles. The van der Waals surface area contributed by atoms with Crippen LogP contribution in [0.25, 0.3) is 88.2 Å². The molecule has 8 aromatic carbocycles. The van der Waals surface area contributed by atoms with E-state index in [0.717, 1.165) is 94.0 Å². The SMILES string of the molecule is c1ccc(-c2nc(-c3ccccc3)nc(-c3ccc4c(c3)C3(c5ccccc5Oc5ccccc53)c3cccc(-c5nc(-c6ccccc6)c6sc7ccccc7c6n5)c3-4)n2)cc1. The molecule has 0 unspecified atom stereocenters. The van der Waals surface area contributed by atoms with Crippen LogP contribution in [0.5, 0.6) is 11.5 Å². The summed E-state index contributed by atoms with van der Waals surface area (Å²) in [6.45, 7) is 0. The van der Waals surface area contributed by atoms with Crippen molar-refractivity contribution in [2.75, 3.05) is 0 Å². The van der Waals surface area contributed by atoms with Crippen molar-refractivity contribution in [2.24, 2.45) is 0 Å². The monoisotopic (exact) mass is 823 g/mol. The third kappa shape index (κ3) is 5.40. The standard InChI is InChI=1S/C56H33N5OS/c1-4-17-34(18-5-1)49-51-50(39-23-10-15-30-47(39)63-51)58-55(57-49)40-24-16-27-43-48(40)38-32-31-37(33-44(38)56(43)41-25-11-13-28-45(41)62-46-29-14-12-26-42(46)56)54-60-52(35-19-6-2-7-20-35)59-53(61-54)36-21-8-3-9-22-36/h1-33H. The fourth-order valence-electron chi connectivity index (χ4n) is 9.71. The highest BCUT2D eigenvalue weighted by molar-refractivity contribution is 7.26. The van der Waals surface area contributed by atoms with Gasteiger partial charge >= 0.3 is 0 Å². The van der Waals surface area contributed by atoms with Crippen LogP contribution < -0.4 is 4.74 Å². The molecule has 0 fully saturated rings. The van der Waals surface area contributed by atoms with Crippen LogP contribution in [-0.4, -0.2) is 24.9 Å². The second-order valence-corrected chi connectivity index (χ2v) is 17.0. The number of fused-ring (bicyclic) bond motifs is 12. The summed E-state index contributed by atoms with van der Waals surface area (Å²) >= 11 is 1.75. The largest absolute Gasteiger partial charge is 0.457 e. The zero-order chi connectivity index (χ0) is 41.5. The molecule has 0 atom stereocenters. The molecule has 294 valence electrons. The van der Waals surface area contributed by atoms with Gasteiger partial charge in [-0.25, -0.2) is 24.9 Å². The van der Waals surface area contributed by atoms with Crippen LogP contribution in [0.3, 0.4) is 0 Å². The first-order chi connectivity index (χ1) is 31.2. The van der Waals surface area contributed by atoms with E-state index in [1.165, 1.54) is 4.70 Å². The molecule has 0 bridgehead atoms. The van der Waals surface area contributed by atoms with Gasteiger partial charge in [0.1, 0.15) is 11.5 Å². The lowest BCUT2D eigenvalue weighted by molar-refractivity contribution is 0.436. The fraction of sp³-hybridized carbons (Fsp3) is 0.0179. The Kier molecular flexibility index (Phi) is 7.89. The third-order valence-electron chi connectivity index (χ3n) is 12.4. The second kappa shape index (κ2) is 14.0. The van der Waals surface area contributed by atoms with E-state index in [4.69, 9.17) is 29.7 Å². The fourth-order valence-corrected chi connectivity index (χ4v) is 10.9. The topological polar surface area (TPSA) is 73.7 Å². The lowest BCUT2D eigenvalue weighted by Crippen LogP contribution is -2.32. The summed E-state index contributed by atoms with van der Waals surface area (Å²) in [5.74, 6) is 4.14. The highest BCUT2D eigenvalue weighted by Gasteiger charge is 2.52. The second-order valence-electron chi connectivity index (χ2n) is 15.9. The number of rotatable bonds is 5. The van der Waals surface area contributed by atoms with Gasteiger partial charge in [0.25, 0.3) is 0 Å². The molecule has 6 nitrogen and oxygen atoms in total. The Morgan fingerprint density at radius 3 is 1.60 bits per heavy atom. The molecule has 2 aliphatic rings. The highest BCUT2D eigenvalue weighted by atomic mass is 32.1. The summed E-state index contributed by atoms with van der Waals surface area (Å²) in [6.07, 6.45) is 0. The molecule has 3 aromatic heterocycles. The summed E-state index contributed by atoms with van der Waals surface area (Å²) in [4.78, 5) is 26.4. The van der Waals surface area contributed by atoms with Gasteiger partial charge in [0.2, 0.25) is 0 Å². The summed E-state index contributed by atoms with van der Waals surface area (Å²) < 4.78 is 9.01. The maximum Gasteiger partial charge on any atom is 0.164 e. The van der Waals surface area contributed by atoms with Crippen LogP contribution in [-0.2, 0) is 5.41 Å². The summed E-state index contributed by atoms with van der Waals surface area (Å²) in [6, 6.07) is 69.4. The van der Waals surface area contributed by atoms with Crippen LogP contribution in [0.15, 0.2) is 200 Å². The Morgan fingerprint density at radius 1 is 0.381 bits per heavy atom. The third-order valence-corrected chi connectivity index (χ3v) is 13.6. The van der Waals surface area contributed by atoms with Crippen LogP contribution >= 0.6 is 11.3 Å². The number of para-hydroxylation sites is 2. The first kappa shape index (κ1) is 35.6. The Labute approximate surface area is 366 Å². The molecule has 0 radical (unpaired) electrons. The lowest BCUT2D eigenvalue weighted by Gasteiger charge is -2.39. The summed E-state index contributed by atoms with van der Waals surface area (Å²) in [5, 5.41) is 1.13. The van der Waals surface area contributed by atoms with Crippen molar-refractivity contribution >= 4 is 31.6 Å². The Bertz CT molecular complexity index is 3500. The van der Waals surface area contributed by atoms with Crippen molar-refractivity contribution in [3.05, 3.63) is 222 Å². The predicted molar refractivity (Wildman–Crippen MR) is 253 cm³/mol. The smallest absolute Gasteiger partial charge is 0.164 e. The van der Waals surface area contributed by atoms with Crippen LogP contribution in [0.2, 0.25) is 0 Å². The van der Waals surface area contributed by atoms with Gasteiger partial charge in [0.05, 0.1) is 21.3 Å². The van der Waals surface area contributed by atoms with Crippen LogP contribution in [0, 0.1) is 0 Å². The number of hydrogen-bond acceptors (Lipinski definition) is 7. The van der Waals surface area contributed by atoms with Crippen LogP contribution in [0.1, 0.15) is 22.3 Å². The zero-order valence-corrected chi connectivity index (χ0v) is 34.4. The number of hydrogen-bond donors (Lipinski definition) is 0. The van der Waals surface area contributed by atoms with Gasteiger partial charge in [-0.05, 0) is 46.5 Å². The average Bonchev–Trinajstić information content (AvgIpc) is 3.88. The average molecular weight is 824 g/mol. The molecule has 0 N–H and O–H groups in total. The number of nitrogens with zero attached hydrogens (tertiary/aromatic N) is 5. The summed E-state index contributed by atoms with van der Waals surface area (Å²) in [5.41, 5.74) is 12.4. The van der Waals surface area contributed by atoms with Crippen molar-refractivity contribution in [3.63, 3.8) is 0 Å². The molecule has 13 rings (SSSR count). The van der Waals surface area contributed by atoms with Crippen molar-refractivity contribution < 1.29 is 4.74 Å². The van der Waals surface area contributed by atoms with Gasteiger partial charge in [-0.15, -0.1) is 11.3 Å². The van der Waals surface area contributed by atoms with Gasteiger partial charge in [-0.1, -0.05) is 176 Å². The minimum atomic E-state index is -0.763. The molecule has 11 aromatic rings. The van der Waals surface area contributed by atoms with E-state index in [1.807, 2.05) is 78.9 Å². The van der Waals surface area contributed by atoms with Crippen molar-refractivity contribution in [1.29, 1.82) is 0 Å². The first-order valence-electron chi connectivity index (χ1n) is 21.0. The van der Waals surface area contributed by atoms with E-state index < -0.39 is 5.41 Å². The van der Waals surface area contributed by atoms with E-state index in [0.29, 0.717) is 23.3 Å². The predicted octanol–water partition coefficient (Wildman–Crippen LogP) is 13.8. The number of thiophene rings is 1. The molecule has 7 heteroatoms. The molecular weight excluding hydrogens is 791 g/mol. The van der Waals surface area contributed by atoms with Gasteiger partial charge in [0.15, 0.2) is 23.3 Å². The normalized spacial score (nSPS) is 13.0. The molecule has 0 amide bonds. The zero-order valence-electron chi connectivity index (χ0n) is 33.6. The van der Waals surface area contributed by atoms with E-state index >= 15 is 0 Å². The Hall–Kier alpha value is -8.13. The van der Waals surface area contributed by atoms with Crippen molar-refractivity contribution in [3.8, 4) is 79.4 Å². The molecule has 1 spiro atoms. The molecule has 4 heterocycles. The maximum absolute atomic E-state index is 6.74. The highest BCUT2D eigenvalue weighted by Crippen LogP contribution is 2.63. The molecule has 0 saturated heterocycles. The number of benzene rings is 8. The van der Waals surface area contributed by atoms with Crippen LogP contribution in [0.4, 0.5) is 0 Å². The Balaban J connectivity index is 1.11. The molecule has 0 saturated carbocycles. The summed E-state index contributed by atoms with van der Waals surface area (Å²) in [7, 11) is 0.